The minimum atomic E-state index is 0.590. The Balaban J connectivity index is 2.63. The third kappa shape index (κ3) is 1.86. The Kier molecular flexibility index (Phi) is 2.70. The second-order valence-corrected chi connectivity index (χ2v) is 4.68. The summed E-state index contributed by atoms with van der Waals surface area (Å²) in [5.41, 5.74) is 2.21. The summed E-state index contributed by atoms with van der Waals surface area (Å²) in [4.78, 5) is 4.42. The lowest BCUT2D eigenvalue weighted by Gasteiger charge is -2.04. The van der Waals surface area contributed by atoms with Crippen molar-refractivity contribution in [2.45, 2.75) is 27.2 Å². The Hall–Kier alpha value is -1.02. The third-order valence-corrected chi connectivity index (χ3v) is 2.75. The van der Waals surface area contributed by atoms with Gasteiger partial charge in [0.25, 0.3) is 0 Å². The molecule has 2 heterocycles. The SMILES string of the molecule is Cc1cccn2c(CC(C)C)nc(Cl)c12. The molecule has 0 spiro atoms. The monoisotopic (exact) mass is 222 g/mol. The zero-order chi connectivity index (χ0) is 11.0. The molecule has 0 radical (unpaired) electrons. The molecule has 0 bridgehead atoms. The second kappa shape index (κ2) is 3.86. The summed E-state index contributed by atoms with van der Waals surface area (Å²) in [5.74, 6) is 1.64. The smallest absolute Gasteiger partial charge is 0.155 e. The van der Waals surface area contributed by atoms with Crippen LogP contribution < -0.4 is 0 Å². The quantitative estimate of drug-likeness (QED) is 0.760. The Morgan fingerprint density at radius 2 is 2.20 bits per heavy atom. The first-order chi connectivity index (χ1) is 7.09. The lowest BCUT2D eigenvalue weighted by molar-refractivity contribution is 0.619. The maximum atomic E-state index is 6.13. The highest BCUT2D eigenvalue weighted by Crippen LogP contribution is 2.22. The number of nitrogens with zero attached hydrogens (tertiary/aromatic N) is 2. The molecule has 0 fully saturated rings. The minimum absolute atomic E-state index is 0.590. The molecule has 0 saturated heterocycles. The molecule has 3 heteroatoms. The van der Waals surface area contributed by atoms with E-state index in [4.69, 9.17) is 11.6 Å². The molecular weight excluding hydrogens is 208 g/mol. The van der Waals surface area contributed by atoms with Crippen LogP contribution in [-0.2, 0) is 6.42 Å². The van der Waals surface area contributed by atoms with Gasteiger partial charge in [0.2, 0.25) is 0 Å². The number of aromatic nitrogens is 2. The molecule has 2 nitrogen and oxygen atoms in total. The fourth-order valence-corrected chi connectivity index (χ4v) is 2.16. The van der Waals surface area contributed by atoms with Gasteiger partial charge < -0.3 is 4.40 Å². The molecule has 0 atom stereocenters. The van der Waals surface area contributed by atoms with Gasteiger partial charge in [0.1, 0.15) is 5.82 Å². The number of aryl methyl sites for hydroxylation is 1. The van der Waals surface area contributed by atoms with Gasteiger partial charge in [-0.2, -0.15) is 0 Å². The number of hydrogen-bond donors (Lipinski definition) is 0. The molecule has 80 valence electrons. The van der Waals surface area contributed by atoms with Crippen LogP contribution in [0.1, 0.15) is 25.2 Å². The molecule has 0 unspecified atom stereocenters. The van der Waals surface area contributed by atoms with Crippen molar-refractivity contribution >= 4 is 17.1 Å². The van der Waals surface area contributed by atoms with E-state index in [-0.39, 0.29) is 0 Å². The lowest BCUT2D eigenvalue weighted by atomic mass is 10.1. The number of imidazole rings is 1. The first-order valence-electron chi connectivity index (χ1n) is 5.21. The maximum Gasteiger partial charge on any atom is 0.155 e. The van der Waals surface area contributed by atoms with Crippen LogP contribution in [0.5, 0.6) is 0 Å². The lowest BCUT2D eigenvalue weighted by Crippen LogP contribution is -2.00. The van der Waals surface area contributed by atoms with Crippen LogP contribution in [-0.4, -0.2) is 9.38 Å². The highest BCUT2D eigenvalue weighted by Gasteiger charge is 2.11. The van der Waals surface area contributed by atoms with Gasteiger partial charge in [-0.15, -0.1) is 0 Å². The standard InChI is InChI=1S/C12H15ClN2/c1-8(2)7-10-14-12(13)11-9(3)5-4-6-15(10)11/h4-6,8H,7H2,1-3H3. The van der Waals surface area contributed by atoms with Crippen molar-refractivity contribution in [1.82, 2.24) is 9.38 Å². The summed E-state index contributed by atoms with van der Waals surface area (Å²) in [5, 5.41) is 0.615. The van der Waals surface area contributed by atoms with Crippen molar-refractivity contribution in [1.29, 1.82) is 0 Å². The highest BCUT2D eigenvalue weighted by molar-refractivity contribution is 6.32. The molecule has 0 aromatic carbocycles. The molecule has 15 heavy (non-hydrogen) atoms. The summed E-state index contributed by atoms with van der Waals surface area (Å²) in [6.45, 7) is 6.43. The first-order valence-corrected chi connectivity index (χ1v) is 5.59. The van der Waals surface area contributed by atoms with E-state index < -0.39 is 0 Å². The van der Waals surface area contributed by atoms with E-state index in [9.17, 15) is 0 Å². The zero-order valence-corrected chi connectivity index (χ0v) is 10.0. The molecule has 0 aliphatic rings. The summed E-state index contributed by atoms with van der Waals surface area (Å²) in [6.07, 6.45) is 2.98. The molecule has 0 saturated carbocycles. The van der Waals surface area contributed by atoms with Crippen LogP contribution in [0.4, 0.5) is 0 Å². The van der Waals surface area contributed by atoms with E-state index in [1.165, 1.54) is 5.56 Å². The molecule has 0 N–H and O–H groups in total. The molecule has 2 aromatic rings. The summed E-state index contributed by atoms with van der Waals surface area (Å²) in [7, 11) is 0. The Morgan fingerprint density at radius 3 is 2.87 bits per heavy atom. The van der Waals surface area contributed by atoms with Gasteiger partial charge >= 0.3 is 0 Å². The average Bonchev–Trinajstić information content (AvgIpc) is 2.44. The van der Waals surface area contributed by atoms with Crippen molar-refractivity contribution in [2.24, 2.45) is 5.92 Å². The molecule has 0 aliphatic heterocycles. The number of rotatable bonds is 2. The van der Waals surface area contributed by atoms with Crippen LogP contribution >= 0.6 is 11.6 Å². The van der Waals surface area contributed by atoms with E-state index in [1.54, 1.807) is 0 Å². The highest BCUT2D eigenvalue weighted by atomic mass is 35.5. The van der Waals surface area contributed by atoms with Gasteiger partial charge in [0.05, 0.1) is 5.52 Å². The average molecular weight is 223 g/mol. The summed E-state index contributed by atoms with van der Waals surface area (Å²) in [6, 6.07) is 4.09. The Bertz CT molecular complexity index is 486. The van der Waals surface area contributed by atoms with E-state index in [0.717, 1.165) is 17.8 Å². The number of fused-ring (bicyclic) bond motifs is 1. The van der Waals surface area contributed by atoms with Crippen molar-refractivity contribution in [3.8, 4) is 0 Å². The predicted molar refractivity (Wildman–Crippen MR) is 63.5 cm³/mol. The minimum Gasteiger partial charge on any atom is -0.302 e. The third-order valence-electron chi connectivity index (χ3n) is 2.49. The van der Waals surface area contributed by atoms with Gasteiger partial charge in [0, 0.05) is 12.6 Å². The van der Waals surface area contributed by atoms with Crippen molar-refractivity contribution in [3.05, 3.63) is 34.9 Å². The van der Waals surface area contributed by atoms with Crippen molar-refractivity contribution < 1.29 is 0 Å². The maximum absolute atomic E-state index is 6.13. The first kappa shape index (κ1) is 10.5. The predicted octanol–water partition coefficient (Wildman–Crippen LogP) is 3.49. The van der Waals surface area contributed by atoms with Crippen LogP contribution in [0.25, 0.3) is 5.52 Å². The van der Waals surface area contributed by atoms with E-state index in [1.807, 2.05) is 12.3 Å². The van der Waals surface area contributed by atoms with E-state index in [2.05, 4.69) is 36.2 Å². The normalized spacial score (nSPS) is 11.5. The Morgan fingerprint density at radius 1 is 1.47 bits per heavy atom. The van der Waals surface area contributed by atoms with Gasteiger partial charge in [0.15, 0.2) is 5.15 Å². The molecule has 0 aliphatic carbocycles. The number of pyridine rings is 1. The number of hydrogen-bond acceptors (Lipinski definition) is 1. The molecule has 2 aromatic heterocycles. The molecule has 0 amide bonds. The van der Waals surface area contributed by atoms with Crippen molar-refractivity contribution in [2.75, 3.05) is 0 Å². The molecule has 2 rings (SSSR count). The fraction of sp³-hybridized carbons (Fsp3) is 0.417. The van der Waals surface area contributed by atoms with Crippen LogP contribution in [0.15, 0.2) is 18.3 Å². The van der Waals surface area contributed by atoms with Gasteiger partial charge in [-0.1, -0.05) is 31.5 Å². The molecular formula is C12H15ClN2. The summed E-state index contributed by atoms with van der Waals surface area (Å²) < 4.78 is 2.09. The van der Waals surface area contributed by atoms with Crippen LogP contribution in [0.2, 0.25) is 5.15 Å². The van der Waals surface area contributed by atoms with E-state index in [0.29, 0.717) is 11.1 Å². The van der Waals surface area contributed by atoms with Crippen molar-refractivity contribution in [3.63, 3.8) is 0 Å². The van der Waals surface area contributed by atoms with Gasteiger partial charge in [-0.05, 0) is 24.5 Å². The second-order valence-electron chi connectivity index (χ2n) is 4.33. The largest absolute Gasteiger partial charge is 0.302 e. The van der Waals surface area contributed by atoms with E-state index >= 15 is 0 Å². The van der Waals surface area contributed by atoms with Crippen LogP contribution in [0, 0.1) is 12.8 Å². The topological polar surface area (TPSA) is 17.3 Å². The number of halogens is 1. The fourth-order valence-electron chi connectivity index (χ4n) is 1.82. The Labute approximate surface area is 94.9 Å². The van der Waals surface area contributed by atoms with Gasteiger partial charge in [-0.25, -0.2) is 4.98 Å². The summed E-state index contributed by atoms with van der Waals surface area (Å²) >= 11 is 6.13. The van der Waals surface area contributed by atoms with Gasteiger partial charge in [-0.3, -0.25) is 0 Å². The zero-order valence-electron chi connectivity index (χ0n) is 9.29. The van der Waals surface area contributed by atoms with Crippen LogP contribution in [0.3, 0.4) is 0 Å².